The summed E-state index contributed by atoms with van der Waals surface area (Å²) in [6.07, 6.45) is 7.33. The van der Waals surface area contributed by atoms with Crippen molar-refractivity contribution in [3.8, 4) is 0 Å². The number of carbonyl (C=O) groups is 1. The molecule has 2 saturated carbocycles. The Kier molecular flexibility index (Phi) is 4.39. The fraction of sp³-hybridized carbons (Fsp3) is 0.647. The molecule has 2 heterocycles. The number of rotatable bonds is 5. The first-order chi connectivity index (χ1) is 12.1. The highest BCUT2D eigenvalue weighted by Crippen LogP contribution is 2.35. The Morgan fingerprint density at radius 3 is 2.84 bits per heavy atom. The van der Waals surface area contributed by atoms with Gasteiger partial charge in [-0.1, -0.05) is 6.07 Å². The normalized spacial score (nSPS) is 31.4. The zero-order valence-electron chi connectivity index (χ0n) is 14.0. The van der Waals surface area contributed by atoms with E-state index in [2.05, 4.69) is 15.8 Å². The Bertz CT molecular complexity index is 651. The molecule has 0 aromatic carbocycles. The molecular formula is C17H23N5O3. The van der Waals surface area contributed by atoms with Crippen LogP contribution in [-0.2, 0) is 11.3 Å². The van der Waals surface area contributed by atoms with Crippen LogP contribution in [0.3, 0.4) is 0 Å². The van der Waals surface area contributed by atoms with Crippen LogP contribution in [0.2, 0.25) is 0 Å². The maximum atomic E-state index is 13.2. The smallest absolute Gasteiger partial charge is 0.241 e. The number of nitrogens with one attached hydrogen (secondary N) is 2. The Morgan fingerprint density at radius 1 is 1.32 bits per heavy atom. The van der Waals surface area contributed by atoms with Gasteiger partial charge in [-0.05, 0) is 30.9 Å². The molecule has 4 rings (SSSR count). The van der Waals surface area contributed by atoms with Gasteiger partial charge in [-0.3, -0.25) is 25.3 Å². The number of pyridine rings is 1. The summed E-state index contributed by atoms with van der Waals surface area (Å²) < 4.78 is 0. The molecule has 2 aliphatic carbocycles. The van der Waals surface area contributed by atoms with Gasteiger partial charge in [0, 0.05) is 54.7 Å². The summed E-state index contributed by atoms with van der Waals surface area (Å²) in [5.74, 6) is 0.0298. The van der Waals surface area contributed by atoms with Gasteiger partial charge in [0.15, 0.2) is 0 Å². The van der Waals surface area contributed by atoms with Gasteiger partial charge in [-0.15, -0.1) is 0 Å². The molecule has 4 atom stereocenters. The zero-order valence-corrected chi connectivity index (χ0v) is 14.0. The van der Waals surface area contributed by atoms with Crippen LogP contribution in [0.25, 0.3) is 0 Å². The SMILES string of the molecule is O=C(C1NNC2CCC([N+](=O)[O-])CC21)N(Cc1cccnc1)C1CC1. The van der Waals surface area contributed by atoms with Crippen LogP contribution in [0.1, 0.15) is 37.7 Å². The van der Waals surface area contributed by atoms with Crippen LogP contribution in [0.15, 0.2) is 24.5 Å². The number of fused-ring (bicyclic) bond motifs is 1. The second-order valence-corrected chi connectivity index (χ2v) is 7.35. The molecule has 0 radical (unpaired) electrons. The number of carbonyl (C=O) groups excluding carboxylic acids is 1. The summed E-state index contributed by atoms with van der Waals surface area (Å²) >= 11 is 0. The maximum Gasteiger partial charge on any atom is 0.241 e. The van der Waals surface area contributed by atoms with E-state index in [4.69, 9.17) is 0 Å². The third-order valence-electron chi connectivity index (χ3n) is 5.63. The zero-order chi connectivity index (χ0) is 17.4. The van der Waals surface area contributed by atoms with Gasteiger partial charge in [-0.2, -0.15) is 0 Å². The molecule has 8 heteroatoms. The van der Waals surface area contributed by atoms with Gasteiger partial charge in [0.05, 0.1) is 0 Å². The van der Waals surface area contributed by atoms with E-state index in [0.29, 0.717) is 19.4 Å². The van der Waals surface area contributed by atoms with Gasteiger partial charge in [-0.25, -0.2) is 5.43 Å². The first kappa shape index (κ1) is 16.4. The average Bonchev–Trinajstić information content (AvgIpc) is 3.38. The number of nitrogens with zero attached hydrogens (tertiary/aromatic N) is 3. The van der Waals surface area contributed by atoms with Crippen LogP contribution in [0.5, 0.6) is 0 Å². The lowest BCUT2D eigenvalue weighted by atomic mass is 9.79. The van der Waals surface area contributed by atoms with E-state index < -0.39 is 6.04 Å². The Labute approximate surface area is 146 Å². The topological polar surface area (TPSA) is 100 Å². The molecule has 1 amide bonds. The second-order valence-electron chi connectivity index (χ2n) is 7.35. The van der Waals surface area contributed by atoms with Gasteiger partial charge >= 0.3 is 0 Å². The molecule has 4 unspecified atom stereocenters. The predicted octanol–water partition coefficient (Wildman–Crippen LogP) is 0.863. The van der Waals surface area contributed by atoms with Gasteiger partial charge in [0.1, 0.15) is 6.04 Å². The molecule has 2 N–H and O–H groups in total. The summed E-state index contributed by atoms with van der Waals surface area (Å²) in [4.78, 5) is 30.2. The molecule has 25 heavy (non-hydrogen) atoms. The van der Waals surface area contributed by atoms with Crippen LogP contribution < -0.4 is 10.9 Å². The Balaban J connectivity index is 1.49. The minimum absolute atomic E-state index is 0.0215. The molecule has 1 aromatic rings. The minimum Gasteiger partial charge on any atom is -0.334 e. The van der Waals surface area contributed by atoms with E-state index in [1.54, 1.807) is 12.4 Å². The number of hydrogen-bond donors (Lipinski definition) is 2. The van der Waals surface area contributed by atoms with Crippen LogP contribution in [0.4, 0.5) is 0 Å². The van der Waals surface area contributed by atoms with Crippen molar-refractivity contribution in [3.05, 3.63) is 40.2 Å². The van der Waals surface area contributed by atoms with Crippen molar-refractivity contribution in [1.82, 2.24) is 20.7 Å². The lowest BCUT2D eigenvalue weighted by Crippen LogP contribution is -2.49. The number of hydrazine groups is 1. The summed E-state index contributed by atoms with van der Waals surface area (Å²) in [6.45, 7) is 0.547. The number of aromatic nitrogens is 1. The van der Waals surface area contributed by atoms with Crippen molar-refractivity contribution < 1.29 is 9.72 Å². The van der Waals surface area contributed by atoms with Crippen molar-refractivity contribution in [1.29, 1.82) is 0 Å². The standard InChI is InChI=1S/C17H23N5O3/c23-17(21(12-3-4-12)10-11-2-1-7-18-9-11)16-14-8-13(22(24)25)5-6-15(14)19-20-16/h1-2,7,9,12-16,19-20H,3-6,8,10H2. The number of hydrogen-bond acceptors (Lipinski definition) is 6. The van der Waals surface area contributed by atoms with E-state index in [9.17, 15) is 14.9 Å². The van der Waals surface area contributed by atoms with E-state index in [1.807, 2.05) is 17.0 Å². The van der Waals surface area contributed by atoms with E-state index >= 15 is 0 Å². The quantitative estimate of drug-likeness (QED) is 0.606. The fourth-order valence-electron chi connectivity index (χ4n) is 4.11. The van der Waals surface area contributed by atoms with E-state index in [-0.39, 0.29) is 34.9 Å². The number of nitro groups is 1. The van der Waals surface area contributed by atoms with Crippen LogP contribution >= 0.6 is 0 Å². The highest BCUT2D eigenvalue weighted by molar-refractivity contribution is 5.83. The number of amides is 1. The molecule has 1 aromatic heterocycles. The maximum absolute atomic E-state index is 13.2. The lowest BCUT2D eigenvalue weighted by molar-refractivity contribution is -0.528. The third-order valence-corrected chi connectivity index (χ3v) is 5.63. The first-order valence-corrected chi connectivity index (χ1v) is 8.97. The first-order valence-electron chi connectivity index (χ1n) is 8.97. The highest BCUT2D eigenvalue weighted by Gasteiger charge is 2.49. The van der Waals surface area contributed by atoms with Crippen molar-refractivity contribution in [2.45, 2.75) is 62.8 Å². The molecule has 1 saturated heterocycles. The molecular weight excluding hydrogens is 322 g/mol. The summed E-state index contributed by atoms with van der Waals surface area (Å²) in [5, 5.41) is 11.2. The van der Waals surface area contributed by atoms with Gasteiger partial charge in [0.25, 0.3) is 0 Å². The largest absolute Gasteiger partial charge is 0.334 e. The van der Waals surface area contributed by atoms with Crippen molar-refractivity contribution in [2.75, 3.05) is 0 Å². The Morgan fingerprint density at radius 2 is 2.16 bits per heavy atom. The molecule has 0 bridgehead atoms. The third kappa shape index (κ3) is 3.36. The summed E-state index contributed by atoms with van der Waals surface area (Å²) in [5.41, 5.74) is 7.33. The molecule has 3 aliphatic rings. The van der Waals surface area contributed by atoms with Crippen molar-refractivity contribution >= 4 is 5.91 Å². The molecule has 134 valence electrons. The fourth-order valence-corrected chi connectivity index (χ4v) is 4.11. The van der Waals surface area contributed by atoms with Crippen molar-refractivity contribution in [3.63, 3.8) is 0 Å². The average molecular weight is 345 g/mol. The van der Waals surface area contributed by atoms with E-state index in [0.717, 1.165) is 24.8 Å². The van der Waals surface area contributed by atoms with Crippen LogP contribution in [-0.4, -0.2) is 44.9 Å². The molecule has 3 fully saturated rings. The summed E-state index contributed by atoms with van der Waals surface area (Å²) in [6, 6.07) is 3.35. The monoisotopic (exact) mass is 345 g/mol. The molecule has 8 nitrogen and oxygen atoms in total. The molecule has 0 spiro atoms. The van der Waals surface area contributed by atoms with Crippen molar-refractivity contribution in [2.24, 2.45) is 5.92 Å². The van der Waals surface area contributed by atoms with Crippen LogP contribution in [0, 0.1) is 16.0 Å². The highest BCUT2D eigenvalue weighted by atomic mass is 16.6. The van der Waals surface area contributed by atoms with Gasteiger partial charge in [0.2, 0.25) is 11.9 Å². The van der Waals surface area contributed by atoms with Gasteiger partial charge < -0.3 is 4.90 Å². The van der Waals surface area contributed by atoms with E-state index in [1.165, 1.54) is 0 Å². The summed E-state index contributed by atoms with van der Waals surface area (Å²) in [7, 11) is 0. The predicted molar refractivity (Wildman–Crippen MR) is 89.8 cm³/mol. The lowest BCUT2D eigenvalue weighted by Gasteiger charge is -2.31. The second kappa shape index (κ2) is 6.68. The Hall–Kier alpha value is -2.06. The minimum atomic E-state index is -0.536. The molecule has 1 aliphatic heterocycles.